The SMILES string of the molecule is CCCCCOC(=O)CC(O)(CC(=O)OC(C)=O)C(=O)O. The van der Waals surface area contributed by atoms with Crippen molar-refractivity contribution in [2.45, 2.75) is 51.6 Å². The van der Waals surface area contributed by atoms with Gasteiger partial charge in [0, 0.05) is 6.92 Å². The van der Waals surface area contributed by atoms with E-state index >= 15 is 0 Å². The lowest BCUT2D eigenvalue weighted by Crippen LogP contribution is -2.43. The maximum absolute atomic E-state index is 11.5. The molecule has 0 aliphatic heterocycles. The summed E-state index contributed by atoms with van der Waals surface area (Å²) in [6.07, 6.45) is 0.475. The quantitative estimate of drug-likeness (QED) is 0.356. The molecule has 0 rings (SSSR count). The summed E-state index contributed by atoms with van der Waals surface area (Å²) >= 11 is 0. The predicted octanol–water partition coefficient (Wildman–Crippen LogP) is 0.405. The first-order valence-electron chi connectivity index (χ1n) is 6.54. The lowest BCUT2D eigenvalue weighted by Gasteiger charge is -2.21. The average Bonchev–Trinajstić information content (AvgIpc) is 2.33. The Hall–Kier alpha value is -1.96. The molecule has 0 aromatic rings. The van der Waals surface area contributed by atoms with Crippen LogP contribution in [0.1, 0.15) is 46.0 Å². The van der Waals surface area contributed by atoms with Crippen LogP contribution in [0.2, 0.25) is 0 Å². The highest BCUT2D eigenvalue weighted by Crippen LogP contribution is 2.18. The van der Waals surface area contributed by atoms with Gasteiger partial charge in [0.15, 0.2) is 5.60 Å². The monoisotopic (exact) mass is 304 g/mol. The van der Waals surface area contributed by atoms with E-state index < -0.39 is 42.3 Å². The van der Waals surface area contributed by atoms with E-state index in [1.165, 1.54) is 0 Å². The van der Waals surface area contributed by atoms with E-state index in [2.05, 4.69) is 4.74 Å². The number of aliphatic hydroxyl groups is 1. The van der Waals surface area contributed by atoms with Crippen molar-refractivity contribution in [1.29, 1.82) is 0 Å². The number of ether oxygens (including phenoxy) is 2. The largest absolute Gasteiger partial charge is 0.479 e. The molecule has 0 spiro atoms. The smallest absolute Gasteiger partial charge is 0.336 e. The highest BCUT2D eigenvalue weighted by molar-refractivity contribution is 5.91. The third-order valence-corrected chi connectivity index (χ3v) is 2.54. The van der Waals surface area contributed by atoms with Crippen molar-refractivity contribution in [1.82, 2.24) is 0 Å². The van der Waals surface area contributed by atoms with E-state index in [1.54, 1.807) is 0 Å². The van der Waals surface area contributed by atoms with Gasteiger partial charge in [-0.05, 0) is 6.42 Å². The lowest BCUT2D eigenvalue weighted by atomic mass is 9.96. The highest BCUT2D eigenvalue weighted by atomic mass is 16.6. The fraction of sp³-hybridized carbons (Fsp3) is 0.692. The zero-order valence-electron chi connectivity index (χ0n) is 12.1. The first kappa shape index (κ1) is 19.0. The van der Waals surface area contributed by atoms with Gasteiger partial charge < -0.3 is 19.7 Å². The number of carbonyl (C=O) groups excluding carboxylic acids is 3. The van der Waals surface area contributed by atoms with Crippen LogP contribution in [0, 0.1) is 0 Å². The first-order chi connectivity index (χ1) is 9.71. The topological polar surface area (TPSA) is 127 Å². The van der Waals surface area contributed by atoms with Crippen molar-refractivity contribution in [3.63, 3.8) is 0 Å². The van der Waals surface area contributed by atoms with Crippen molar-refractivity contribution in [3.05, 3.63) is 0 Å². The van der Waals surface area contributed by atoms with Crippen molar-refractivity contribution < 1.29 is 38.9 Å². The van der Waals surface area contributed by atoms with Crippen LogP contribution >= 0.6 is 0 Å². The van der Waals surface area contributed by atoms with Gasteiger partial charge in [0.2, 0.25) is 0 Å². The third kappa shape index (κ3) is 8.03. The van der Waals surface area contributed by atoms with Gasteiger partial charge >= 0.3 is 23.9 Å². The van der Waals surface area contributed by atoms with E-state index in [4.69, 9.17) is 9.84 Å². The van der Waals surface area contributed by atoms with Crippen molar-refractivity contribution in [2.75, 3.05) is 6.61 Å². The van der Waals surface area contributed by atoms with Gasteiger partial charge in [0.25, 0.3) is 0 Å². The van der Waals surface area contributed by atoms with Crippen LogP contribution in [-0.4, -0.2) is 46.3 Å². The summed E-state index contributed by atoms with van der Waals surface area (Å²) in [5, 5.41) is 18.8. The molecule has 0 aromatic carbocycles. The number of carboxylic acid groups (broad SMARTS) is 1. The number of hydrogen-bond donors (Lipinski definition) is 2. The summed E-state index contributed by atoms with van der Waals surface area (Å²) in [5.74, 6) is -4.87. The molecular formula is C13H20O8. The Morgan fingerprint density at radius 3 is 2.10 bits per heavy atom. The van der Waals surface area contributed by atoms with Gasteiger partial charge in [-0.15, -0.1) is 0 Å². The number of hydrogen-bond acceptors (Lipinski definition) is 7. The fourth-order valence-electron chi connectivity index (χ4n) is 1.48. The molecule has 0 saturated carbocycles. The number of esters is 3. The van der Waals surface area contributed by atoms with E-state index in [0.717, 1.165) is 19.8 Å². The molecular weight excluding hydrogens is 284 g/mol. The number of carboxylic acids is 1. The normalized spacial score (nSPS) is 13.1. The molecule has 0 aliphatic rings. The van der Waals surface area contributed by atoms with Crippen LogP contribution in [0.25, 0.3) is 0 Å². The lowest BCUT2D eigenvalue weighted by molar-refractivity contribution is -0.175. The zero-order chi connectivity index (χ0) is 16.5. The molecule has 0 heterocycles. The third-order valence-electron chi connectivity index (χ3n) is 2.54. The second-order valence-electron chi connectivity index (χ2n) is 4.58. The average molecular weight is 304 g/mol. The van der Waals surface area contributed by atoms with Crippen molar-refractivity contribution >= 4 is 23.9 Å². The van der Waals surface area contributed by atoms with Gasteiger partial charge in [-0.1, -0.05) is 19.8 Å². The van der Waals surface area contributed by atoms with E-state index in [0.29, 0.717) is 6.42 Å². The second kappa shape index (κ2) is 9.06. The molecule has 0 amide bonds. The minimum atomic E-state index is -2.66. The molecule has 0 aromatic heterocycles. The molecule has 0 radical (unpaired) electrons. The maximum atomic E-state index is 11.5. The van der Waals surface area contributed by atoms with Crippen LogP contribution in [0.3, 0.4) is 0 Å². The zero-order valence-corrected chi connectivity index (χ0v) is 12.1. The predicted molar refractivity (Wildman–Crippen MR) is 69.1 cm³/mol. The molecule has 2 N–H and O–H groups in total. The first-order valence-corrected chi connectivity index (χ1v) is 6.54. The summed E-state index contributed by atoms with van der Waals surface area (Å²) in [7, 11) is 0. The number of rotatable bonds is 9. The van der Waals surface area contributed by atoms with Crippen molar-refractivity contribution in [2.24, 2.45) is 0 Å². The number of unbranched alkanes of at least 4 members (excludes halogenated alkanes) is 2. The van der Waals surface area contributed by atoms with Gasteiger partial charge in [0.05, 0.1) is 19.4 Å². The van der Waals surface area contributed by atoms with E-state index in [9.17, 15) is 24.3 Å². The Morgan fingerprint density at radius 2 is 1.62 bits per heavy atom. The van der Waals surface area contributed by atoms with Gasteiger partial charge in [-0.3, -0.25) is 14.4 Å². The van der Waals surface area contributed by atoms with Gasteiger partial charge in [-0.25, -0.2) is 4.79 Å². The van der Waals surface area contributed by atoms with Crippen LogP contribution in [0.4, 0.5) is 0 Å². The molecule has 0 fully saturated rings. The van der Waals surface area contributed by atoms with Crippen molar-refractivity contribution in [3.8, 4) is 0 Å². The Bertz CT molecular complexity index is 403. The Kier molecular flexibility index (Phi) is 8.22. The summed E-state index contributed by atoms with van der Waals surface area (Å²) in [5.41, 5.74) is -2.66. The van der Waals surface area contributed by atoms with Gasteiger partial charge in [-0.2, -0.15) is 0 Å². The minimum absolute atomic E-state index is 0.111. The molecule has 0 bridgehead atoms. The molecule has 0 saturated heterocycles. The minimum Gasteiger partial charge on any atom is -0.479 e. The van der Waals surface area contributed by atoms with E-state index in [1.807, 2.05) is 6.92 Å². The molecule has 0 aliphatic carbocycles. The molecule has 1 unspecified atom stereocenters. The van der Waals surface area contributed by atoms with Crippen LogP contribution in [0.15, 0.2) is 0 Å². The van der Waals surface area contributed by atoms with Crippen LogP contribution in [0.5, 0.6) is 0 Å². The maximum Gasteiger partial charge on any atom is 0.336 e. The van der Waals surface area contributed by atoms with Crippen LogP contribution < -0.4 is 0 Å². The van der Waals surface area contributed by atoms with Crippen LogP contribution in [-0.2, 0) is 28.7 Å². The molecule has 120 valence electrons. The highest BCUT2D eigenvalue weighted by Gasteiger charge is 2.42. The standard InChI is InChI=1S/C13H20O8/c1-3-4-5-6-20-10(15)7-13(19,12(17)18)8-11(16)21-9(2)14/h19H,3-8H2,1-2H3,(H,17,18). The molecule has 1 atom stereocenters. The number of aliphatic carboxylic acids is 1. The summed E-state index contributed by atoms with van der Waals surface area (Å²) in [6.45, 7) is 3.03. The molecule has 21 heavy (non-hydrogen) atoms. The van der Waals surface area contributed by atoms with E-state index in [-0.39, 0.29) is 6.61 Å². The molecule has 8 nitrogen and oxygen atoms in total. The summed E-state index contributed by atoms with van der Waals surface area (Å²) < 4.78 is 8.91. The Labute approximate surface area is 122 Å². The Balaban J connectivity index is 4.51. The number of carbonyl (C=O) groups is 4. The summed E-state index contributed by atoms with van der Waals surface area (Å²) in [6, 6.07) is 0. The summed E-state index contributed by atoms with van der Waals surface area (Å²) in [4.78, 5) is 44.3. The fourth-order valence-corrected chi connectivity index (χ4v) is 1.48. The second-order valence-corrected chi connectivity index (χ2v) is 4.58. The molecule has 8 heteroatoms. The Morgan fingerprint density at radius 1 is 1.05 bits per heavy atom. The van der Waals surface area contributed by atoms with Gasteiger partial charge in [0.1, 0.15) is 0 Å².